The van der Waals surface area contributed by atoms with Gasteiger partial charge >= 0.3 is 12.3 Å². The molecule has 0 saturated heterocycles. The number of phenols is 1. The summed E-state index contributed by atoms with van der Waals surface area (Å²) in [5, 5.41) is 24.3. The number of nitrogens with zero attached hydrogens (tertiary/aromatic N) is 1. The molecule has 0 amide bonds. The number of aromatic hydroxyl groups is 1. The van der Waals surface area contributed by atoms with Crippen LogP contribution in [0.5, 0.6) is 11.5 Å². The normalized spacial score (nSPS) is 14.2. The lowest BCUT2D eigenvalue weighted by atomic mass is 10.1. The van der Waals surface area contributed by atoms with Crippen LogP contribution in [0.1, 0.15) is 18.4 Å². The predicted molar refractivity (Wildman–Crippen MR) is 83.0 cm³/mol. The topological polar surface area (TPSA) is 141 Å². The van der Waals surface area contributed by atoms with Gasteiger partial charge in [-0.3, -0.25) is 10.4 Å². The first kappa shape index (κ1) is 18.4. The van der Waals surface area contributed by atoms with Crippen molar-refractivity contribution >= 4 is 18.1 Å². The molecule has 0 aromatic heterocycles. The average Bonchev–Trinajstić information content (AvgIpc) is 2.54. The largest absolute Gasteiger partial charge is 0.573 e. The van der Waals surface area contributed by atoms with Crippen molar-refractivity contribution in [2.75, 3.05) is 6.54 Å². The van der Waals surface area contributed by atoms with Crippen molar-refractivity contribution in [3.05, 3.63) is 23.8 Å². The Bertz CT molecular complexity index is 683. The second kappa shape index (κ2) is 8.76. The van der Waals surface area contributed by atoms with Crippen molar-refractivity contribution in [3.8, 4) is 11.5 Å². The van der Waals surface area contributed by atoms with Crippen LogP contribution in [0.2, 0.25) is 1.41 Å². The summed E-state index contributed by atoms with van der Waals surface area (Å²) in [4.78, 5) is 15.0. The molecule has 6 N–H and O–H groups in total. The summed E-state index contributed by atoms with van der Waals surface area (Å²) in [7, 11) is 0. The van der Waals surface area contributed by atoms with Crippen LogP contribution in [0.25, 0.3) is 0 Å². The Morgan fingerprint density at radius 1 is 1.56 bits per heavy atom. The van der Waals surface area contributed by atoms with Gasteiger partial charge in [0.2, 0.25) is 0 Å². The molecule has 0 aliphatic carbocycles. The molecule has 1 aromatic carbocycles. The molecular formula is C14H17F3N4O4. The van der Waals surface area contributed by atoms with E-state index in [1.165, 1.54) is 0 Å². The van der Waals surface area contributed by atoms with E-state index in [1.807, 2.05) is 0 Å². The van der Waals surface area contributed by atoms with Crippen molar-refractivity contribution in [1.82, 2.24) is 5.32 Å². The number of carboxylic acid groups (broad SMARTS) is 1. The predicted octanol–water partition coefficient (Wildman–Crippen LogP) is 1.43. The number of nitrogens with one attached hydrogen (secondary N) is 2. The fraction of sp³-hybridized carbons (Fsp3) is 0.357. The molecule has 1 rings (SSSR count). The van der Waals surface area contributed by atoms with Crippen molar-refractivity contribution in [1.29, 1.82) is 5.40 Å². The molecule has 0 unspecified atom stereocenters. The van der Waals surface area contributed by atoms with Gasteiger partial charge in [0.05, 0.1) is 0 Å². The highest BCUT2D eigenvalue weighted by Crippen LogP contribution is 2.27. The van der Waals surface area contributed by atoms with E-state index >= 15 is 0 Å². The van der Waals surface area contributed by atoms with Crippen LogP contribution in [-0.2, 0) is 4.79 Å². The number of guanidine groups is 1. The Balaban J connectivity index is 2.77. The van der Waals surface area contributed by atoms with Gasteiger partial charge in [0.1, 0.15) is 17.5 Å². The summed E-state index contributed by atoms with van der Waals surface area (Å²) < 4.78 is 47.0. The third-order valence-electron chi connectivity index (χ3n) is 2.87. The highest BCUT2D eigenvalue weighted by Gasteiger charge is 2.31. The number of aliphatic carboxylic acids is 1. The molecule has 0 bridgehead atoms. The zero-order chi connectivity index (χ0) is 19.7. The number of benzene rings is 1. The minimum atomic E-state index is -4.90. The number of hydrogen-bond acceptors (Lipinski definition) is 5. The van der Waals surface area contributed by atoms with Gasteiger partial charge < -0.3 is 26.0 Å². The van der Waals surface area contributed by atoms with E-state index in [1.54, 1.807) is 0 Å². The number of hydrogen-bond donors (Lipinski definition) is 5. The number of phenolic OH excluding ortho intramolecular Hbond substituents is 1. The molecule has 25 heavy (non-hydrogen) atoms. The molecule has 0 saturated carbocycles. The van der Waals surface area contributed by atoms with Crippen LogP contribution >= 0.6 is 0 Å². The number of halogens is 3. The van der Waals surface area contributed by atoms with Crippen LogP contribution in [0.3, 0.4) is 0 Å². The van der Waals surface area contributed by atoms with Crippen LogP contribution in [-0.4, -0.2) is 47.3 Å². The first-order valence-corrected chi connectivity index (χ1v) is 6.98. The van der Waals surface area contributed by atoms with Gasteiger partial charge in [-0.2, -0.15) is 0 Å². The molecular weight excluding hydrogens is 345 g/mol. The molecule has 1 aromatic rings. The standard InChI is InChI=1S/C14H17F3N4O4/c15-14(16,17)25-9-3-4-11(22)8(6-9)7-21-10(12(23)24)2-1-5-20-13(18)19/h3-4,6-7,10,22H,1-2,5H2,(H,23,24)(H4,18,19,20)/t10-/m0/s1. The van der Waals surface area contributed by atoms with Crippen LogP contribution < -0.4 is 15.8 Å². The summed E-state index contributed by atoms with van der Waals surface area (Å²) in [6.07, 6.45) is -3.52. The van der Waals surface area contributed by atoms with E-state index in [-0.39, 0.29) is 30.2 Å². The highest BCUT2D eigenvalue weighted by molar-refractivity contribution is 5.86. The van der Waals surface area contributed by atoms with Gasteiger partial charge in [-0.1, -0.05) is 0 Å². The molecule has 0 spiro atoms. The summed E-state index contributed by atoms with van der Waals surface area (Å²) in [5.41, 5.74) is 5.12. The Morgan fingerprint density at radius 3 is 2.88 bits per heavy atom. The summed E-state index contributed by atoms with van der Waals surface area (Å²) in [6, 6.07) is 1.60. The molecule has 0 heterocycles. The number of aliphatic imine (C=N–C) groups is 1. The third kappa shape index (κ3) is 7.90. The highest BCUT2D eigenvalue weighted by atomic mass is 19.4. The van der Waals surface area contributed by atoms with Gasteiger partial charge in [-0.25, -0.2) is 4.79 Å². The van der Waals surface area contributed by atoms with E-state index in [2.05, 4.69) is 20.4 Å². The molecule has 8 nitrogen and oxygen atoms in total. The molecule has 0 fully saturated rings. The maximum atomic E-state index is 12.2. The lowest BCUT2D eigenvalue weighted by Crippen LogP contribution is -2.31. The molecule has 138 valence electrons. The van der Waals surface area contributed by atoms with E-state index in [0.717, 1.165) is 24.4 Å². The zero-order valence-electron chi connectivity index (χ0n) is 13.8. The third-order valence-corrected chi connectivity index (χ3v) is 2.87. The van der Waals surface area contributed by atoms with Crippen molar-refractivity contribution in [2.45, 2.75) is 25.2 Å². The fourth-order valence-corrected chi connectivity index (χ4v) is 1.78. The van der Waals surface area contributed by atoms with Crippen molar-refractivity contribution in [3.63, 3.8) is 0 Å². The van der Waals surface area contributed by atoms with Crippen LogP contribution in [0.15, 0.2) is 23.2 Å². The van der Waals surface area contributed by atoms with E-state index in [4.69, 9.17) is 12.3 Å². The Labute approximate surface area is 142 Å². The molecule has 1 atom stereocenters. The summed E-state index contributed by atoms with van der Waals surface area (Å²) >= 11 is 0. The quantitative estimate of drug-likeness (QED) is 0.269. The van der Waals surface area contributed by atoms with Crippen LogP contribution in [0, 0.1) is 5.40 Å². The Morgan fingerprint density at radius 2 is 2.28 bits per heavy atom. The molecule has 0 aliphatic rings. The second-order valence-corrected chi connectivity index (χ2v) is 4.85. The molecule has 0 aliphatic heterocycles. The lowest BCUT2D eigenvalue weighted by Gasteiger charge is -2.10. The molecule has 0 radical (unpaired) electrons. The first-order valence-electron chi connectivity index (χ1n) is 7.43. The van der Waals surface area contributed by atoms with Gasteiger partial charge in [-0.05, 0) is 31.0 Å². The second-order valence-electron chi connectivity index (χ2n) is 4.85. The van der Waals surface area contributed by atoms with Crippen LogP contribution in [0.4, 0.5) is 13.2 Å². The van der Waals surface area contributed by atoms with Gasteiger partial charge in [-0.15, -0.1) is 13.2 Å². The number of rotatable bonds is 8. The minimum absolute atomic E-state index is 0.0869. The monoisotopic (exact) mass is 362 g/mol. The molecule has 11 heteroatoms. The maximum absolute atomic E-state index is 12.2. The first-order chi connectivity index (χ1) is 12.1. The van der Waals surface area contributed by atoms with E-state index in [9.17, 15) is 23.1 Å². The number of alkyl halides is 3. The Kier molecular flexibility index (Phi) is 6.43. The summed E-state index contributed by atoms with van der Waals surface area (Å²) in [5.74, 6) is -2.32. The fourth-order valence-electron chi connectivity index (χ4n) is 1.78. The van der Waals surface area contributed by atoms with E-state index in [0.29, 0.717) is 6.42 Å². The van der Waals surface area contributed by atoms with Crippen molar-refractivity contribution < 1.29 is 34.3 Å². The zero-order valence-corrected chi connectivity index (χ0v) is 12.8. The number of nitrogens with two attached hydrogens (primary N) is 1. The average molecular weight is 362 g/mol. The lowest BCUT2D eigenvalue weighted by molar-refractivity contribution is -0.274. The van der Waals surface area contributed by atoms with E-state index < -0.39 is 24.1 Å². The van der Waals surface area contributed by atoms with Gasteiger partial charge in [0.15, 0.2) is 7.37 Å². The minimum Gasteiger partial charge on any atom is -0.507 e. The maximum Gasteiger partial charge on any atom is 0.573 e. The van der Waals surface area contributed by atoms with Gasteiger partial charge in [0.25, 0.3) is 0 Å². The number of carboxylic acids is 1. The van der Waals surface area contributed by atoms with Crippen molar-refractivity contribution in [2.24, 2.45) is 10.7 Å². The smallest absolute Gasteiger partial charge is 0.507 e. The number of carbonyl (C=O) groups is 1. The Hall–Kier alpha value is -2.98. The summed E-state index contributed by atoms with van der Waals surface area (Å²) in [6.45, 7) is 0.258. The van der Waals surface area contributed by atoms with Gasteiger partial charge in [0, 0.05) is 18.3 Å². The number of ether oxygens (including phenoxy) is 1. The SMILES string of the molecule is [H]/N=C(\N)NCCC[C@H](N=Cc1cc(OC(F)(F)F)ccc1O)C(=O)O.